The Morgan fingerprint density at radius 1 is 0.697 bits per heavy atom. The van der Waals surface area contributed by atoms with Crippen molar-refractivity contribution in [3.05, 3.63) is 24.3 Å². The minimum Gasteiger partial charge on any atom is -0.870 e. The van der Waals surface area contributed by atoms with E-state index in [4.69, 9.17) is 32.3 Å². The molecule has 1 aliphatic rings. The largest absolute Gasteiger partial charge is 1.00 e. The molecule has 0 aromatic carbocycles. The van der Waals surface area contributed by atoms with Gasteiger partial charge in [-0.3, -0.25) is 0 Å². The molecule has 0 saturated carbocycles. The molecule has 0 amide bonds. The fraction of sp³-hybridized carbons (Fsp3) is 0.922. The fourth-order valence-electron chi connectivity index (χ4n) is 7.99. The molecule has 0 heterocycles. The predicted molar refractivity (Wildman–Crippen MR) is 278 cm³/mol. The number of halogens is 1. The second-order valence-electron chi connectivity index (χ2n) is 17.8. The van der Waals surface area contributed by atoms with Gasteiger partial charge in [0.25, 0.3) is 0 Å². The van der Waals surface area contributed by atoms with Gasteiger partial charge < -0.3 is 44.5 Å². The number of alkyl halides is 1. The zero-order valence-corrected chi connectivity index (χ0v) is 49.1. The third-order valence-corrected chi connectivity index (χ3v) is 12.1. The van der Waals surface area contributed by atoms with E-state index in [9.17, 15) is 5.26 Å². The van der Waals surface area contributed by atoms with Gasteiger partial charge in [-0.25, -0.2) is 11.4 Å². The molecular formula is C51H110ClN4Na2O7P. The van der Waals surface area contributed by atoms with Crippen molar-refractivity contribution < 1.29 is 93.8 Å². The molecule has 390 valence electrons. The summed E-state index contributed by atoms with van der Waals surface area (Å²) in [7, 11) is 7.85. The minimum absolute atomic E-state index is 0. The summed E-state index contributed by atoms with van der Waals surface area (Å²) in [6.45, 7) is 11.7. The molecule has 0 radical (unpaired) electrons. The Morgan fingerprint density at radius 2 is 1.20 bits per heavy atom. The molecule has 0 aromatic heterocycles. The van der Waals surface area contributed by atoms with E-state index >= 15 is 0 Å². The van der Waals surface area contributed by atoms with E-state index < -0.39 is 15.1 Å². The van der Waals surface area contributed by atoms with Crippen LogP contribution in [0.3, 0.4) is 0 Å². The first-order chi connectivity index (χ1) is 29.7. The van der Waals surface area contributed by atoms with Crippen molar-refractivity contribution in [1.82, 2.24) is 15.3 Å². The van der Waals surface area contributed by atoms with Crippen LogP contribution in [-0.2, 0) is 18.9 Å². The van der Waals surface area contributed by atoms with Crippen LogP contribution in [0.1, 0.15) is 203 Å². The van der Waals surface area contributed by atoms with Crippen LogP contribution in [0.25, 0.3) is 0 Å². The third-order valence-electron chi connectivity index (χ3n) is 11.4. The minimum atomic E-state index is -0.714. The smallest absolute Gasteiger partial charge is 0.870 e. The average molecular weight is 1000 g/mol. The van der Waals surface area contributed by atoms with Crippen molar-refractivity contribution >= 4 is 20.6 Å². The summed E-state index contributed by atoms with van der Waals surface area (Å²) in [5.41, 5.74) is 3.12. The van der Waals surface area contributed by atoms with Gasteiger partial charge in [0.2, 0.25) is 0 Å². The number of aliphatic hydroxyl groups is 1. The second kappa shape index (κ2) is 66.8. The molecule has 0 aliphatic heterocycles. The van der Waals surface area contributed by atoms with E-state index in [0.29, 0.717) is 6.61 Å². The maximum absolute atomic E-state index is 9.27. The van der Waals surface area contributed by atoms with Gasteiger partial charge in [-0.15, -0.1) is 11.6 Å². The second-order valence-corrected chi connectivity index (χ2v) is 18.7. The van der Waals surface area contributed by atoms with Gasteiger partial charge in [0, 0.05) is 6.54 Å². The van der Waals surface area contributed by atoms with Gasteiger partial charge in [0.05, 0.1) is 31.8 Å². The molecular weight excluding hydrogens is 893 g/mol. The van der Waals surface area contributed by atoms with Crippen LogP contribution in [-0.4, -0.2) is 100 Å². The van der Waals surface area contributed by atoms with Crippen molar-refractivity contribution in [3.8, 4) is 0 Å². The van der Waals surface area contributed by atoms with Crippen LogP contribution in [0.5, 0.6) is 0 Å². The number of nitrogens with one attached hydrogen (secondary N) is 1. The maximum Gasteiger partial charge on any atom is 1.00 e. The zero-order valence-electron chi connectivity index (χ0n) is 43.3. The summed E-state index contributed by atoms with van der Waals surface area (Å²) >= 11 is 5.19. The molecule has 5 N–H and O–H groups in total. The van der Waals surface area contributed by atoms with Gasteiger partial charge in [0.15, 0.2) is 0 Å². The number of nitrogens with two attached hydrogens (primary N) is 1. The Hall–Kier alpha value is 1.76. The quantitative estimate of drug-likeness (QED) is 0.0113. The summed E-state index contributed by atoms with van der Waals surface area (Å²) < 4.78 is 7.83. The van der Waals surface area contributed by atoms with Crippen LogP contribution >= 0.6 is 20.6 Å². The molecule has 0 aromatic rings. The van der Waals surface area contributed by atoms with Crippen LogP contribution in [0.15, 0.2) is 24.3 Å². The number of allylic oxidation sites excluding steroid dienone is 4. The molecule has 11 nitrogen and oxygen atoms in total. The zero-order chi connectivity index (χ0) is 45.4. The molecule has 0 saturated heterocycles. The Balaban J connectivity index is -0.000000298. The first-order valence-electron chi connectivity index (χ1n) is 24.9. The van der Waals surface area contributed by atoms with E-state index in [0.717, 1.165) is 56.2 Å². The van der Waals surface area contributed by atoms with Gasteiger partial charge in [-0.1, -0.05) is 169 Å². The number of rotatable bonds is 41. The number of hydrogen-bond acceptors (Lipinski definition) is 11. The normalized spacial score (nSPS) is 16.9. The van der Waals surface area contributed by atoms with Crippen LogP contribution in [0.2, 0.25) is 0 Å². The number of hydrogen-bond donors (Lipinski definition) is 3. The van der Waals surface area contributed by atoms with E-state index in [1.54, 1.807) is 0 Å². The molecule has 1 rings (SSSR count). The van der Waals surface area contributed by atoms with Crippen LogP contribution in [0.4, 0.5) is 0 Å². The van der Waals surface area contributed by atoms with Gasteiger partial charge >= 0.3 is 59.1 Å². The average Bonchev–Trinajstić information content (AvgIpc) is 3.24. The Labute approximate surface area is 462 Å². The monoisotopic (exact) mass is 1000 g/mol. The maximum atomic E-state index is 9.27. The number of nitrogens with zero attached hydrogens (tertiary/aromatic N) is 2. The van der Waals surface area contributed by atoms with E-state index in [2.05, 4.69) is 97.7 Å². The third kappa shape index (κ3) is 58.3. The molecule has 0 spiro atoms. The fourth-order valence-corrected chi connectivity index (χ4v) is 8.39. The first kappa shape index (κ1) is 81.8. The topological polar surface area (TPSA) is 155 Å². The van der Waals surface area contributed by atoms with Gasteiger partial charge in [-0.05, 0) is 123 Å². The Morgan fingerprint density at radius 3 is 1.71 bits per heavy atom. The number of unbranched alkanes of at least 4 members (excludes halogenated alkanes) is 17. The molecule has 1 aliphatic carbocycles. The van der Waals surface area contributed by atoms with Crippen molar-refractivity contribution in [2.45, 2.75) is 209 Å². The number of aliphatic hydroxyl groups excluding tert-OH is 1. The summed E-state index contributed by atoms with van der Waals surface area (Å²) in [6.07, 6.45) is 44.5. The summed E-state index contributed by atoms with van der Waals surface area (Å²) in [5, 5.41) is 17.9. The van der Waals surface area contributed by atoms with E-state index in [-0.39, 0.29) is 91.9 Å². The van der Waals surface area contributed by atoms with Crippen molar-refractivity contribution in [2.75, 3.05) is 73.5 Å². The van der Waals surface area contributed by atoms with Crippen molar-refractivity contribution in [3.63, 3.8) is 0 Å². The summed E-state index contributed by atoms with van der Waals surface area (Å²) in [6, 6.07) is 0. The predicted octanol–water partition coefficient (Wildman–Crippen LogP) is 6.81. The van der Waals surface area contributed by atoms with Crippen molar-refractivity contribution in [2.24, 2.45) is 29.6 Å². The van der Waals surface area contributed by atoms with Gasteiger partial charge in [0.1, 0.15) is 9.03 Å². The summed E-state index contributed by atoms with van der Waals surface area (Å²) in [5.74, 6) is 8.35. The molecule has 6 atom stereocenters. The standard InChI is InChI=1S/C41H81N3O2.C5H13N.C3H8ClO4P.2CH4.2Na.H2O/c1-5-7-9-21-28-38-32-33-39(29-22-17-14-16-20-26-37-46-43-34-27-35-44(3)4)41(40(38)30-23-10-8-6-2)31-24-18-13-11-12-15-19-25-36-45-42;1-4-5-6(2)3;4-1-3(5)2-7-9-8-6;;;;;/h24,31-33,38-41,43H,5-23,25-30,34-37,42H2,1-4H3;4-5H2,1-3H3;3,5-6,9H,1-2H2;2*1H4;;;1H2/q;;;;;2*+1;/p-2/b31-24+;;;;;;;. The SMILES string of the molecule is C.C.CCCCCCC1C=CC(CCCCCCCCONCCCN(C)C)C(/C=C/CCCCCCCCON)C1CCCCCC.CCCN(C)C.[Na+].[Na+].[O-]OPOCC(O)CCl.[OH-]. The molecule has 0 fully saturated rings. The molecule has 15 heteroatoms. The molecule has 0 bridgehead atoms. The Kier molecular flexibility index (Phi) is 82.7. The van der Waals surface area contributed by atoms with Crippen molar-refractivity contribution in [1.29, 1.82) is 0 Å². The Bertz CT molecular complexity index is 926. The summed E-state index contributed by atoms with van der Waals surface area (Å²) in [4.78, 5) is 14.7. The van der Waals surface area contributed by atoms with E-state index in [1.807, 2.05) is 0 Å². The molecule has 66 heavy (non-hydrogen) atoms. The van der Waals surface area contributed by atoms with Gasteiger partial charge in [-0.2, -0.15) is 0 Å². The van der Waals surface area contributed by atoms with E-state index in [1.165, 1.54) is 161 Å². The van der Waals surface area contributed by atoms with Crippen LogP contribution < -0.4 is 75.7 Å². The number of hydroxylamine groups is 1. The first-order valence-corrected chi connectivity index (χ1v) is 26.3. The van der Waals surface area contributed by atoms with Crippen LogP contribution in [0, 0.1) is 23.7 Å². The molecule has 6 unspecified atom stereocenters.